The van der Waals surface area contributed by atoms with Crippen LogP contribution in [0.1, 0.15) is 65.9 Å². The highest BCUT2D eigenvalue weighted by Gasteiger charge is 2.35. The van der Waals surface area contributed by atoms with Crippen LogP contribution in [0.25, 0.3) is 11.1 Å². The van der Waals surface area contributed by atoms with Crippen LogP contribution in [0.5, 0.6) is 0 Å². The summed E-state index contributed by atoms with van der Waals surface area (Å²) in [6.07, 6.45) is 9.19. The Morgan fingerprint density at radius 1 is 0.758 bits per heavy atom. The second-order valence-electron chi connectivity index (χ2n) is 10.3. The minimum atomic E-state index is -0.254. The molecule has 0 radical (unpaired) electrons. The molecular formula is C32H30O. The number of allylic oxidation sites excluding steroid dienone is 5. The molecule has 0 aliphatic heterocycles. The molecule has 0 saturated heterocycles. The van der Waals surface area contributed by atoms with Crippen molar-refractivity contribution in [3.8, 4) is 11.1 Å². The molecule has 0 atom stereocenters. The Bertz CT molecular complexity index is 1360. The minimum absolute atomic E-state index is 0.0692. The predicted octanol–water partition coefficient (Wildman–Crippen LogP) is 7.73. The van der Waals surface area contributed by atoms with E-state index >= 15 is 0 Å². The zero-order chi connectivity index (χ0) is 23.4. The standard InChI is InChI=1S/C32H30O/c1-21-11-7-6-8-12-22-15-16-23(19-28(22)31(21,2)3)30(33)24-17-18-26-25-13-9-10-14-27(25)32(4,5)29(26)20-24/h6-11,13-20H,1,12H2,2-5H3/b8-6-,11-7-. The SMILES string of the molecule is C=C1/C=C\C=C/Cc2ccc(C(=O)c3ccc4c(c3)C(C)(C)c3ccccc3-4)cc2C1(C)C. The van der Waals surface area contributed by atoms with Crippen LogP contribution in [-0.4, -0.2) is 5.78 Å². The van der Waals surface area contributed by atoms with Gasteiger partial charge in [0.05, 0.1) is 0 Å². The molecule has 0 fully saturated rings. The van der Waals surface area contributed by atoms with Crippen molar-refractivity contribution in [3.63, 3.8) is 0 Å². The van der Waals surface area contributed by atoms with Gasteiger partial charge >= 0.3 is 0 Å². The summed E-state index contributed by atoms with van der Waals surface area (Å²) in [5.74, 6) is 0.0692. The van der Waals surface area contributed by atoms with Gasteiger partial charge in [-0.15, -0.1) is 0 Å². The average Bonchev–Trinajstić information content (AvgIpc) is 3.07. The van der Waals surface area contributed by atoms with E-state index < -0.39 is 0 Å². The number of hydrogen-bond acceptors (Lipinski definition) is 1. The number of hydrogen-bond donors (Lipinski definition) is 0. The number of ketones is 1. The van der Waals surface area contributed by atoms with E-state index in [1.165, 1.54) is 33.4 Å². The summed E-state index contributed by atoms with van der Waals surface area (Å²) in [5.41, 5.74) is 9.60. The highest BCUT2D eigenvalue weighted by molar-refractivity contribution is 6.09. The third kappa shape index (κ3) is 3.35. The molecular weight excluding hydrogens is 400 g/mol. The van der Waals surface area contributed by atoms with Gasteiger partial charge in [-0.2, -0.15) is 0 Å². The second-order valence-corrected chi connectivity index (χ2v) is 10.3. The van der Waals surface area contributed by atoms with Crippen molar-refractivity contribution < 1.29 is 4.79 Å². The van der Waals surface area contributed by atoms with E-state index in [-0.39, 0.29) is 16.6 Å². The van der Waals surface area contributed by atoms with Crippen LogP contribution in [0.2, 0.25) is 0 Å². The first-order valence-corrected chi connectivity index (χ1v) is 11.7. The van der Waals surface area contributed by atoms with Gasteiger partial charge in [0, 0.05) is 22.0 Å². The Labute approximate surface area is 197 Å². The van der Waals surface area contributed by atoms with E-state index in [2.05, 4.69) is 101 Å². The molecule has 0 heterocycles. The monoisotopic (exact) mass is 430 g/mol. The highest BCUT2D eigenvalue weighted by Crippen LogP contribution is 2.48. The van der Waals surface area contributed by atoms with Crippen LogP contribution in [0.15, 0.2) is 97.1 Å². The number of carbonyl (C=O) groups is 1. The van der Waals surface area contributed by atoms with E-state index in [4.69, 9.17) is 0 Å². The first kappa shape index (κ1) is 21.4. The van der Waals surface area contributed by atoms with Crippen molar-refractivity contribution >= 4 is 5.78 Å². The van der Waals surface area contributed by atoms with Crippen LogP contribution in [0.4, 0.5) is 0 Å². The van der Waals surface area contributed by atoms with Gasteiger partial charge in [-0.05, 0) is 57.5 Å². The third-order valence-corrected chi connectivity index (χ3v) is 7.58. The molecule has 3 aromatic carbocycles. The van der Waals surface area contributed by atoms with Crippen LogP contribution in [-0.2, 0) is 17.3 Å². The zero-order valence-corrected chi connectivity index (χ0v) is 19.9. The minimum Gasteiger partial charge on any atom is -0.289 e. The maximum absolute atomic E-state index is 13.7. The van der Waals surface area contributed by atoms with E-state index in [0.29, 0.717) is 0 Å². The number of benzene rings is 3. The largest absolute Gasteiger partial charge is 0.289 e. The Balaban J connectivity index is 1.58. The van der Waals surface area contributed by atoms with Crippen molar-refractivity contribution in [2.45, 2.75) is 44.9 Å². The zero-order valence-electron chi connectivity index (χ0n) is 19.9. The molecule has 1 heteroatoms. The number of carbonyl (C=O) groups excluding carboxylic acids is 1. The Hall–Kier alpha value is -3.45. The lowest BCUT2D eigenvalue weighted by Gasteiger charge is -2.29. The number of fused-ring (bicyclic) bond motifs is 4. The van der Waals surface area contributed by atoms with Crippen LogP contribution >= 0.6 is 0 Å². The Morgan fingerprint density at radius 2 is 1.42 bits per heavy atom. The molecule has 33 heavy (non-hydrogen) atoms. The Morgan fingerprint density at radius 3 is 2.21 bits per heavy atom. The first-order chi connectivity index (χ1) is 15.7. The molecule has 0 amide bonds. The molecule has 0 unspecified atom stereocenters. The van der Waals surface area contributed by atoms with Crippen molar-refractivity contribution in [1.29, 1.82) is 0 Å². The Kier molecular flexibility index (Phi) is 4.90. The summed E-state index contributed by atoms with van der Waals surface area (Å²) in [6, 6.07) is 20.9. The summed E-state index contributed by atoms with van der Waals surface area (Å²) >= 11 is 0. The van der Waals surface area contributed by atoms with Gasteiger partial charge in [-0.1, -0.05) is 107 Å². The van der Waals surface area contributed by atoms with Gasteiger partial charge in [0.25, 0.3) is 0 Å². The lowest BCUT2D eigenvalue weighted by molar-refractivity contribution is 0.103. The predicted molar refractivity (Wildman–Crippen MR) is 138 cm³/mol. The fourth-order valence-electron chi connectivity index (χ4n) is 5.32. The maximum atomic E-state index is 13.7. The molecule has 5 rings (SSSR count). The molecule has 0 N–H and O–H groups in total. The van der Waals surface area contributed by atoms with Crippen LogP contribution < -0.4 is 0 Å². The van der Waals surface area contributed by atoms with Gasteiger partial charge in [0.2, 0.25) is 0 Å². The molecule has 0 aromatic heterocycles. The molecule has 164 valence electrons. The lowest BCUT2D eigenvalue weighted by Crippen LogP contribution is -2.21. The highest BCUT2D eigenvalue weighted by atomic mass is 16.1. The smallest absolute Gasteiger partial charge is 0.193 e. The maximum Gasteiger partial charge on any atom is 0.193 e. The van der Waals surface area contributed by atoms with Crippen LogP contribution in [0.3, 0.4) is 0 Å². The number of rotatable bonds is 2. The summed E-state index contributed by atoms with van der Waals surface area (Å²) in [5, 5.41) is 0. The molecule has 3 aromatic rings. The van der Waals surface area contributed by atoms with Crippen molar-refractivity contribution in [3.05, 3.63) is 131 Å². The fraction of sp³-hybridized carbons (Fsp3) is 0.219. The van der Waals surface area contributed by atoms with Crippen molar-refractivity contribution in [2.75, 3.05) is 0 Å². The van der Waals surface area contributed by atoms with Crippen molar-refractivity contribution in [2.24, 2.45) is 0 Å². The molecule has 0 saturated carbocycles. The van der Waals surface area contributed by atoms with Gasteiger partial charge in [-0.3, -0.25) is 4.79 Å². The van der Waals surface area contributed by atoms with E-state index in [1.54, 1.807) is 0 Å². The van der Waals surface area contributed by atoms with E-state index in [0.717, 1.165) is 23.1 Å². The topological polar surface area (TPSA) is 17.1 Å². The summed E-state index contributed by atoms with van der Waals surface area (Å²) in [7, 11) is 0. The summed E-state index contributed by atoms with van der Waals surface area (Å²) < 4.78 is 0. The van der Waals surface area contributed by atoms with Gasteiger partial charge in [0.15, 0.2) is 5.78 Å². The summed E-state index contributed by atoms with van der Waals surface area (Å²) in [6.45, 7) is 13.2. The average molecular weight is 431 g/mol. The van der Waals surface area contributed by atoms with Crippen LogP contribution in [0, 0.1) is 0 Å². The lowest BCUT2D eigenvalue weighted by atomic mass is 9.75. The van der Waals surface area contributed by atoms with Crippen molar-refractivity contribution in [1.82, 2.24) is 0 Å². The molecule has 2 aliphatic carbocycles. The summed E-state index contributed by atoms with van der Waals surface area (Å²) in [4.78, 5) is 13.7. The molecule has 0 spiro atoms. The van der Waals surface area contributed by atoms with Gasteiger partial charge < -0.3 is 0 Å². The van der Waals surface area contributed by atoms with E-state index in [9.17, 15) is 4.79 Å². The van der Waals surface area contributed by atoms with E-state index in [1.807, 2.05) is 18.2 Å². The fourth-order valence-corrected chi connectivity index (χ4v) is 5.32. The molecule has 1 nitrogen and oxygen atoms in total. The quantitative estimate of drug-likeness (QED) is 0.380. The second kappa shape index (κ2) is 7.56. The van der Waals surface area contributed by atoms with Gasteiger partial charge in [0.1, 0.15) is 0 Å². The normalized spacial score (nSPS) is 19.3. The first-order valence-electron chi connectivity index (χ1n) is 11.7. The van der Waals surface area contributed by atoms with Gasteiger partial charge in [-0.25, -0.2) is 0 Å². The molecule has 0 bridgehead atoms. The third-order valence-electron chi connectivity index (χ3n) is 7.58. The molecule has 2 aliphatic rings.